The first-order valence-corrected chi connectivity index (χ1v) is 14.5. The van der Waals surface area contributed by atoms with E-state index in [0.717, 1.165) is 12.8 Å². The van der Waals surface area contributed by atoms with Gasteiger partial charge in [-0.25, -0.2) is 17.9 Å². The van der Waals surface area contributed by atoms with E-state index < -0.39 is 57.4 Å². The van der Waals surface area contributed by atoms with Gasteiger partial charge in [-0.05, 0) is 57.1 Å². The van der Waals surface area contributed by atoms with Crippen molar-refractivity contribution >= 4 is 33.8 Å². The molecule has 12 nitrogen and oxygen atoms in total. The van der Waals surface area contributed by atoms with Crippen molar-refractivity contribution in [3.8, 4) is 5.75 Å². The third-order valence-electron chi connectivity index (χ3n) is 7.43. The number of sulfonamides is 1. The highest BCUT2D eigenvalue weighted by Gasteiger charge is 2.61. The molecule has 0 spiro atoms. The summed E-state index contributed by atoms with van der Waals surface area (Å²) in [5.74, 6) is -2.30. The van der Waals surface area contributed by atoms with Crippen LogP contribution in [0.4, 0.5) is 4.79 Å². The van der Waals surface area contributed by atoms with Crippen molar-refractivity contribution in [2.75, 3.05) is 13.7 Å². The predicted octanol–water partition coefficient (Wildman–Crippen LogP) is 1.35. The lowest BCUT2D eigenvalue weighted by molar-refractivity contribution is -0.146. The first kappa shape index (κ1) is 28.4. The van der Waals surface area contributed by atoms with E-state index in [4.69, 9.17) is 15.2 Å². The molecule has 1 aliphatic carbocycles. The van der Waals surface area contributed by atoms with Gasteiger partial charge in [0.25, 0.3) is 21.8 Å². The third-order valence-corrected chi connectivity index (χ3v) is 8.80. The number of carbonyl (C=O) groups excluding carboxylic acids is 4. The number of carbonyl (C=O) groups is 4. The molecule has 1 aromatic rings. The van der Waals surface area contributed by atoms with Crippen LogP contribution in [0.15, 0.2) is 41.3 Å². The molecule has 0 aromatic heterocycles. The number of hydrogen-bond acceptors (Lipinski definition) is 8. The number of amides is 4. The van der Waals surface area contributed by atoms with Crippen LogP contribution in [0, 0.1) is 5.92 Å². The van der Waals surface area contributed by atoms with Crippen LogP contribution in [-0.4, -0.2) is 68.5 Å². The smallest absolute Gasteiger partial charge is 0.405 e. The van der Waals surface area contributed by atoms with Gasteiger partial charge in [0.1, 0.15) is 22.2 Å². The fourth-order valence-corrected chi connectivity index (χ4v) is 6.49. The number of methoxy groups -OCH3 is 1. The average molecular weight is 563 g/mol. The number of ether oxygens (including phenoxy) is 2. The second-order valence-electron chi connectivity index (χ2n) is 10.0. The summed E-state index contributed by atoms with van der Waals surface area (Å²) in [6.45, 7) is 0.278. The Kier molecular flexibility index (Phi) is 8.48. The normalized spacial score (nSPS) is 28.5. The van der Waals surface area contributed by atoms with E-state index >= 15 is 0 Å². The first-order valence-electron chi connectivity index (χ1n) is 13.0. The lowest BCUT2D eigenvalue weighted by Crippen LogP contribution is -2.57. The van der Waals surface area contributed by atoms with Crippen molar-refractivity contribution in [1.82, 2.24) is 14.9 Å². The summed E-state index contributed by atoms with van der Waals surface area (Å²) in [5, 5.41) is 2.76. The van der Waals surface area contributed by atoms with Gasteiger partial charge in [0.2, 0.25) is 5.91 Å². The third kappa shape index (κ3) is 6.18. The standard InChI is InChI=1S/C26H34N4O8S/c1-37-19-12-7-8-14-21(19)39(35,36)29-24(33)26-16-17(26)10-5-3-2-4-6-13-20(38-25(27)34)23(32)30-15-9-11-18(30)22(31)28-26/h5,7-8,10,12,14,17-18,20H,2-4,6,9,11,13,15-16H2,1H3,(H2,27,34)(H,28,31)(H,29,33)/b10-5+. The number of para-hydroxylation sites is 1. The van der Waals surface area contributed by atoms with E-state index in [-0.39, 0.29) is 30.0 Å². The lowest BCUT2D eigenvalue weighted by atomic mass is 10.1. The Hall–Kier alpha value is -3.61. The van der Waals surface area contributed by atoms with Crippen molar-refractivity contribution in [2.24, 2.45) is 11.7 Å². The molecule has 4 amide bonds. The Morgan fingerprint density at radius 1 is 1.13 bits per heavy atom. The number of benzene rings is 1. The van der Waals surface area contributed by atoms with E-state index in [1.807, 2.05) is 12.2 Å². The van der Waals surface area contributed by atoms with Crippen molar-refractivity contribution in [1.29, 1.82) is 0 Å². The molecule has 4 rings (SSSR count). The summed E-state index contributed by atoms with van der Waals surface area (Å²) in [7, 11) is -2.99. The molecule has 2 fully saturated rings. The van der Waals surface area contributed by atoms with Crippen LogP contribution in [0.25, 0.3) is 0 Å². The number of nitrogens with two attached hydrogens (primary N) is 1. The van der Waals surface area contributed by atoms with Crippen molar-refractivity contribution < 1.29 is 37.1 Å². The number of nitrogens with zero attached hydrogens (tertiary/aromatic N) is 1. The molecule has 0 radical (unpaired) electrons. The van der Waals surface area contributed by atoms with Crippen molar-refractivity contribution in [2.45, 2.75) is 73.9 Å². The van der Waals surface area contributed by atoms with Gasteiger partial charge < -0.3 is 25.4 Å². The molecule has 2 heterocycles. The molecule has 4 atom stereocenters. The predicted molar refractivity (Wildman–Crippen MR) is 139 cm³/mol. The van der Waals surface area contributed by atoms with Gasteiger partial charge in [0, 0.05) is 12.5 Å². The van der Waals surface area contributed by atoms with Gasteiger partial charge in [-0.1, -0.05) is 30.7 Å². The molecule has 1 aromatic carbocycles. The lowest BCUT2D eigenvalue weighted by Gasteiger charge is -2.29. The van der Waals surface area contributed by atoms with E-state index in [0.29, 0.717) is 25.7 Å². The van der Waals surface area contributed by atoms with Crippen molar-refractivity contribution in [3.05, 3.63) is 36.4 Å². The van der Waals surface area contributed by atoms with Gasteiger partial charge in [-0.3, -0.25) is 14.4 Å². The Morgan fingerprint density at radius 2 is 1.90 bits per heavy atom. The topological polar surface area (TPSA) is 174 Å². The molecule has 13 heteroatoms. The number of fused-ring (bicyclic) bond motifs is 2. The van der Waals surface area contributed by atoms with Crippen LogP contribution in [-0.2, 0) is 29.1 Å². The zero-order chi connectivity index (χ0) is 28.2. The first-order chi connectivity index (χ1) is 18.6. The Bertz CT molecular complexity index is 1270. The quantitative estimate of drug-likeness (QED) is 0.451. The second-order valence-corrected chi connectivity index (χ2v) is 11.7. The van der Waals surface area contributed by atoms with Gasteiger partial charge in [0.15, 0.2) is 6.10 Å². The molecule has 212 valence electrons. The molecule has 1 saturated carbocycles. The zero-order valence-corrected chi connectivity index (χ0v) is 22.6. The van der Waals surface area contributed by atoms with Crippen LogP contribution in [0.1, 0.15) is 51.4 Å². The fraction of sp³-hybridized carbons (Fsp3) is 0.538. The number of rotatable bonds is 5. The Morgan fingerprint density at radius 3 is 2.64 bits per heavy atom. The summed E-state index contributed by atoms with van der Waals surface area (Å²) in [4.78, 5) is 52.9. The molecule has 39 heavy (non-hydrogen) atoms. The monoisotopic (exact) mass is 562 g/mol. The van der Waals surface area contributed by atoms with Crippen LogP contribution in [0.5, 0.6) is 5.75 Å². The van der Waals surface area contributed by atoms with Gasteiger partial charge in [0.05, 0.1) is 7.11 Å². The fourth-order valence-electron chi connectivity index (χ4n) is 5.28. The molecular weight excluding hydrogens is 528 g/mol. The summed E-state index contributed by atoms with van der Waals surface area (Å²) in [6.07, 6.45) is 5.81. The summed E-state index contributed by atoms with van der Waals surface area (Å²) in [5.41, 5.74) is 3.70. The van der Waals surface area contributed by atoms with Crippen LogP contribution in [0.2, 0.25) is 0 Å². The Balaban J connectivity index is 1.60. The summed E-state index contributed by atoms with van der Waals surface area (Å²) in [6, 6.07) is 5.00. The SMILES string of the molecule is COc1ccccc1S(=O)(=O)NC(=O)C12CC1/C=C/CCCCCC(OC(N)=O)C(=O)N1CCCC1C(=O)N2. The molecule has 1 saturated heterocycles. The Labute approximate surface area is 227 Å². The second kappa shape index (κ2) is 11.6. The number of hydrogen-bond donors (Lipinski definition) is 3. The van der Waals surface area contributed by atoms with E-state index in [1.165, 1.54) is 30.2 Å². The highest BCUT2D eigenvalue weighted by atomic mass is 32.2. The zero-order valence-electron chi connectivity index (χ0n) is 21.8. The number of nitrogens with one attached hydrogen (secondary N) is 2. The minimum Gasteiger partial charge on any atom is -0.495 e. The van der Waals surface area contributed by atoms with Gasteiger partial charge in [-0.2, -0.15) is 0 Å². The van der Waals surface area contributed by atoms with E-state index in [9.17, 15) is 27.6 Å². The molecule has 4 N–H and O–H groups in total. The van der Waals surface area contributed by atoms with Gasteiger partial charge >= 0.3 is 6.09 Å². The largest absolute Gasteiger partial charge is 0.495 e. The molecular formula is C26H34N4O8S. The average Bonchev–Trinajstić information content (AvgIpc) is 3.36. The molecule has 0 bridgehead atoms. The van der Waals surface area contributed by atoms with Crippen LogP contribution >= 0.6 is 0 Å². The van der Waals surface area contributed by atoms with Gasteiger partial charge in [-0.15, -0.1) is 0 Å². The van der Waals surface area contributed by atoms with E-state index in [2.05, 4.69) is 10.0 Å². The number of primary amides is 1. The minimum atomic E-state index is -4.32. The maximum absolute atomic E-state index is 13.5. The molecule has 3 aliphatic rings. The highest BCUT2D eigenvalue weighted by Crippen LogP contribution is 2.46. The van der Waals surface area contributed by atoms with Crippen LogP contribution in [0.3, 0.4) is 0 Å². The van der Waals surface area contributed by atoms with Crippen LogP contribution < -0.4 is 20.5 Å². The summed E-state index contributed by atoms with van der Waals surface area (Å²) < 4.78 is 38.6. The minimum absolute atomic E-state index is 0.0708. The maximum atomic E-state index is 13.5. The molecule has 4 unspecified atom stereocenters. The molecule has 2 aliphatic heterocycles. The van der Waals surface area contributed by atoms with Crippen molar-refractivity contribution in [3.63, 3.8) is 0 Å². The number of allylic oxidation sites excluding steroid dienone is 1. The van der Waals surface area contributed by atoms with E-state index in [1.54, 1.807) is 6.07 Å². The highest BCUT2D eigenvalue weighted by molar-refractivity contribution is 7.90. The maximum Gasteiger partial charge on any atom is 0.405 e. The summed E-state index contributed by atoms with van der Waals surface area (Å²) >= 11 is 0.